The highest BCUT2D eigenvalue weighted by molar-refractivity contribution is 5.92. The zero-order valence-corrected chi connectivity index (χ0v) is 12.5. The van der Waals surface area contributed by atoms with Crippen LogP contribution in [0.2, 0.25) is 0 Å². The molecule has 0 aliphatic heterocycles. The minimum atomic E-state index is -0.166. The van der Waals surface area contributed by atoms with Gasteiger partial charge in [0.2, 0.25) is 0 Å². The molecule has 2 rings (SSSR count). The summed E-state index contributed by atoms with van der Waals surface area (Å²) in [7, 11) is 3.88. The van der Waals surface area contributed by atoms with Gasteiger partial charge in [-0.1, -0.05) is 56.3 Å². The van der Waals surface area contributed by atoms with Crippen LogP contribution in [0.4, 0.5) is 0 Å². The average Bonchev–Trinajstić information content (AvgIpc) is 2.41. The molecule has 0 spiro atoms. The molecular formula is C17H23NO. The van der Waals surface area contributed by atoms with E-state index in [9.17, 15) is 4.79 Å². The zero-order chi connectivity index (χ0) is 14.4. The highest BCUT2D eigenvalue weighted by atomic mass is 16.1. The second-order valence-electron chi connectivity index (χ2n) is 4.55. The fourth-order valence-electron chi connectivity index (χ4n) is 2.35. The number of nitrogens with zero attached hydrogens (tertiary/aromatic N) is 1. The molecule has 2 aromatic rings. The van der Waals surface area contributed by atoms with Crippen LogP contribution in [0.3, 0.4) is 0 Å². The van der Waals surface area contributed by atoms with E-state index in [-0.39, 0.29) is 11.8 Å². The molecule has 0 radical (unpaired) electrons. The number of ketones is 1. The SMILES string of the molecule is CC.CC(=O)C(c1cccc2ccccc12)N(C)C. The van der Waals surface area contributed by atoms with Gasteiger partial charge in [-0.2, -0.15) is 0 Å². The quantitative estimate of drug-likeness (QED) is 0.826. The Hall–Kier alpha value is -1.67. The normalized spacial score (nSPS) is 11.9. The molecule has 0 heterocycles. The van der Waals surface area contributed by atoms with Gasteiger partial charge in [0.25, 0.3) is 0 Å². The van der Waals surface area contributed by atoms with Crippen molar-refractivity contribution >= 4 is 16.6 Å². The Kier molecular flexibility index (Phi) is 5.71. The molecule has 0 fully saturated rings. The molecular weight excluding hydrogens is 234 g/mol. The van der Waals surface area contributed by atoms with Crippen LogP contribution in [0.1, 0.15) is 32.4 Å². The molecule has 0 saturated carbocycles. The van der Waals surface area contributed by atoms with Crippen molar-refractivity contribution < 1.29 is 4.79 Å². The molecule has 2 aromatic carbocycles. The number of hydrogen-bond acceptors (Lipinski definition) is 2. The summed E-state index contributed by atoms with van der Waals surface area (Å²) in [4.78, 5) is 13.8. The number of fused-ring (bicyclic) bond motifs is 1. The number of carbonyl (C=O) groups excluding carboxylic acids is 1. The molecule has 0 saturated heterocycles. The monoisotopic (exact) mass is 257 g/mol. The molecule has 0 aliphatic rings. The third kappa shape index (κ3) is 3.42. The Morgan fingerprint density at radius 3 is 2.16 bits per heavy atom. The van der Waals surface area contributed by atoms with Crippen LogP contribution < -0.4 is 0 Å². The molecule has 1 unspecified atom stereocenters. The molecule has 0 aliphatic carbocycles. The van der Waals surface area contributed by atoms with E-state index in [1.54, 1.807) is 6.92 Å². The number of hydrogen-bond donors (Lipinski definition) is 0. The molecule has 2 nitrogen and oxygen atoms in total. The summed E-state index contributed by atoms with van der Waals surface area (Å²) in [6.07, 6.45) is 0. The zero-order valence-electron chi connectivity index (χ0n) is 12.5. The van der Waals surface area contributed by atoms with Crippen molar-refractivity contribution in [3.05, 3.63) is 48.0 Å². The van der Waals surface area contributed by atoms with Gasteiger partial charge in [0.05, 0.1) is 6.04 Å². The van der Waals surface area contributed by atoms with Gasteiger partial charge in [-0.05, 0) is 37.4 Å². The Bertz CT molecular complexity index is 540. The summed E-state index contributed by atoms with van der Waals surface area (Å²) >= 11 is 0. The van der Waals surface area contributed by atoms with E-state index in [1.807, 2.05) is 57.1 Å². The van der Waals surface area contributed by atoms with Crippen LogP contribution in [0.15, 0.2) is 42.5 Å². The molecule has 0 amide bonds. The summed E-state index contributed by atoms with van der Waals surface area (Å²) in [5.74, 6) is 0.173. The Balaban J connectivity index is 0.000000861. The molecule has 1 atom stereocenters. The Labute approximate surface area is 116 Å². The summed E-state index contributed by atoms with van der Waals surface area (Å²) in [6, 6.07) is 14.1. The smallest absolute Gasteiger partial charge is 0.151 e. The van der Waals surface area contributed by atoms with Crippen molar-refractivity contribution in [2.24, 2.45) is 0 Å². The third-order valence-electron chi connectivity index (χ3n) is 3.02. The lowest BCUT2D eigenvalue weighted by molar-refractivity contribution is -0.121. The van der Waals surface area contributed by atoms with Crippen molar-refractivity contribution in [1.82, 2.24) is 4.90 Å². The highest BCUT2D eigenvalue weighted by Crippen LogP contribution is 2.27. The van der Waals surface area contributed by atoms with E-state index in [0.717, 1.165) is 10.9 Å². The first-order valence-corrected chi connectivity index (χ1v) is 6.76. The molecule has 102 valence electrons. The molecule has 19 heavy (non-hydrogen) atoms. The Morgan fingerprint density at radius 2 is 1.58 bits per heavy atom. The second-order valence-corrected chi connectivity index (χ2v) is 4.55. The van der Waals surface area contributed by atoms with Crippen LogP contribution in [-0.4, -0.2) is 24.8 Å². The van der Waals surface area contributed by atoms with Crippen molar-refractivity contribution in [3.63, 3.8) is 0 Å². The van der Waals surface area contributed by atoms with Gasteiger partial charge in [-0.25, -0.2) is 0 Å². The highest BCUT2D eigenvalue weighted by Gasteiger charge is 2.20. The van der Waals surface area contributed by atoms with E-state index in [0.29, 0.717) is 0 Å². The molecule has 2 heteroatoms. The van der Waals surface area contributed by atoms with E-state index in [2.05, 4.69) is 18.2 Å². The maximum atomic E-state index is 11.8. The lowest BCUT2D eigenvalue weighted by atomic mass is 9.96. The maximum Gasteiger partial charge on any atom is 0.151 e. The van der Waals surface area contributed by atoms with Crippen LogP contribution in [0, 0.1) is 0 Å². The third-order valence-corrected chi connectivity index (χ3v) is 3.02. The minimum Gasteiger partial charge on any atom is -0.298 e. The van der Waals surface area contributed by atoms with Crippen LogP contribution in [0.25, 0.3) is 10.8 Å². The van der Waals surface area contributed by atoms with Gasteiger partial charge in [-0.3, -0.25) is 9.69 Å². The first-order valence-electron chi connectivity index (χ1n) is 6.76. The molecule has 0 aromatic heterocycles. The second kappa shape index (κ2) is 7.05. The first kappa shape index (κ1) is 15.4. The van der Waals surface area contributed by atoms with Gasteiger partial charge in [0.1, 0.15) is 0 Å². The average molecular weight is 257 g/mol. The maximum absolute atomic E-state index is 11.8. The van der Waals surface area contributed by atoms with Crippen LogP contribution in [0.5, 0.6) is 0 Å². The van der Waals surface area contributed by atoms with E-state index in [1.165, 1.54) is 5.39 Å². The van der Waals surface area contributed by atoms with Gasteiger partial charge in [-0.15, -0.1) is 0 Å². The molecule has 0 N–H and O–H groups in total. The standard InChI is InChI=1S/C15H17NO.C2H6/c1-11(17)15(16(2)3)14-10-6-8-12-7-4-5-9-13(12)14;1-2/h4-10,15H,1-3H3;1-2H3. The van der Waals surface area contributed by atoms with Gasteiger partial charge in [0.15, 0.2) is 5.78 Å². The van der Waals surface area contributed by atoms with Crippen molar-refractivity contribution in [3.8, 4) is 0 Å². The fourth-order valence-corrected chi connectivity index (χ4v) is 2.35. The topological polar surface area (TPSA) is 20.3 Å². The van der Waals surface area contributed by atoms with Gasteiger partial charge < -0.3 is 0 Å². The number of rotatable bonds is 3. The van der Waals surface area contributed by atoms with Crippen molar-refractivity contribution in [1.29, 1.82) is 0 Å². The lowest BCUT2D eigenvalue weighted by Crippen LogP contribution is -2.26. The number of benzene rings is 2. The summed E-state index contributed by atoms with van der Waals surface area (Å²) in [6.45, 7) is 5.65. The predicted octanol–water partition coefficient (Wildman–Crippen LogP) is 4.06. The summed E-state index contributed by atoms with van der Waals surface area (Å²) in [5, 5.41) is 2.34. The summed E-state index contributed by atoms with van der Waals surface area (Å²) < 4.78 is 0. The van der Waals surface area contributed by atoms with Gasteiger partial charge in [0, 0.05) is 0 Å². The summed E-state index contributed by atoms with van der Waals surface area (Å²) in [5.41, 5.74) is 1.08. The van der Waals surface area contributed by atoms with E-state index < -0.39 is 0 Å². The minimum absolute atomic E-state index is 0.166. The largest absolute Gasteiger partial charge is 0.298 e. The number of likely N-dealkylation sites (N-methyl/N-ethyl adjacent to an activating group) is 1. The number of carbonyl (C=O) groups is 1. The lowest BCUT2D eigenvalue weighted by Gasteiger charge is -2.23. The Morgan fingerprint density at radius 1 is 1.00 bits per heavy atom. The predicted molar refractivity (Wildman–Crippen MR) is 82.4 cm³/mol. The fraction of sp³-hybridized carbons (Fsp3) is 0.353. The van der Waals surface area contributed by atoms with Crippen LogP contribution in [-0.2, 0) is 4.79 Å². The number of Topliss-reactive ketones (excluding diaryl/α,β-unsaturated/α-hetero) is 1. The van der Waals surface area contributed by atoms with Crippen molar-refractivity contribution in [2.75, 3.05) is 14.1 Å². The van der Waals surface area contributed by atoms with Crippen molar-refractivity contribution in [2.45, 2.75) is 26.8 Å². The van der Waals surface area contributed by atoms with Crippen LogP contribution >= 0.6 is 0 Å². The first-order chi connectivity index (χ1) is 9.11. The molecule has 0 bridgehead atoms. The van der Waals surface area contributed by atoms with Gasteiger partial charge >= 0.3 is 0 Å². The van der Waals surface area contributed by atoms with E-state index >= 15 is 0 Å². The van der Waals surface area contributed by atoms with E-state index in [4.69, 9.17) is 0 Å².